The summed E-state index contributed by atoms with van der Waals surface area (Å²) in [5.41, 5.74) is 7.71. The van der Waals surface area contributed by atoms with Gasteiger partial charge in [-0.1, -0.05) is 65.8 Å². The maximum atomic E-state index is 12.6. The maximum absolute atomic E-state index is 12.6. The molecule has 0 radical (unpaired) electrons. The number of esters is 1. The van der Waals surface area contributed by atoms with Crippen molar-refractivity contribution in [1.82, 2.24) is 4.90 Å². The Labute approximate surface area is 247 Å². The van der Waals surface area contributed by atoms with Gasteiger partial charge in [0.15, 0.2) is 0 Å². The number of rotatable bonds is 12. The van der Waals surface area contributed by atoms with Crippen molar-refractivity contribution in [2.24, 2.45) is 0 Å². The van der Waals surface area contributed by atoms with E-state index in [9.17, 15) is 4.79 Å². The number of hydrogen-bond acceptors (Lipinski definition) is 5. The van der Waals surface area contributed by atoms with Gasteiger partial charge in [0.1, 0.15) is 12.4 Å². The molecule has 0 spiro atoms. The lowest BCUT2D eigenvalue weighted by molar-refractivity contribution is 0.0466. The lowest BCUT2D eigenvalue weighted by atomic mass is 9.83. The standard InChI is InChI=1S/C36H48N2O3/c1-7-23-40-34-19-17-29(27-12-14-28(15-13-27)35(39)41-24-22-37(8-2)9-3)25-31(34)30-16-18-33(38-20-10-11-21-38)32(26-30)36(4,5)6/h12-19,25-26H,7-11,20-24H2,1-6H3. The molecule has 41 heavy (non-hydrogen) atoms. The Balaban J connectivity index is 1.62. The van der Waals surface area contributed by atoms with Gasteiger partial charge in [-0.2, -0.15) is 0 Å². The summed E-state index contributed by atoms with van der Waals surface area (Å²) in [5, 5.41) is 0. The number of benzene rings is 3. The average molecular weight is 557 g/mol. The highest BCUT2D eigenvalue weighted by Crippen LogP contribution is 2.40. The Morgan fingerprint density at radius 1 is 0.829 bits per heavy atom. The molecule has 0 aromatic heterocycles. The van der Waals surface area contributed by atoms with E-state index >= 15 is 0 Å². The van der Waals surface area contributed by atoms with Crippen molar-refractivity contribution in [3.05, 3.63) is 71.8 Å². The van der Waals surface area contributed by atoms with Gasteiger partial charge >= 0.3 is 5.97 Å². The summed E-state index contributed by atoms with van der Waals surface area (Å²) in [4.78, 5) is 17.4. The van der Waals surface area contributed by atoms with Crippen LogP contribution in [0, 0.1) is 0 Å². The molecule has 1 saturated heterocycles. The fourth-order valence-electron chi connectivity index (χ4n) is 5.50. The Bertz CT molecular complexity index is 1280. The fraction of sp³-hybridized carbons (Fsp3) is 0.472. The lowest BCUT2D eigenvalue weighted by Gasteiger charge is -2.29. The van der Waals surface area contributed by atoms with Crippen LogP contribution in [0.3, 0.4) is 0 Å². The Kier molecular flexibility index (Phi) is 10.5. The van der Waals surface area contributed by atoms with Crippen molar-refractivity contribution in [3.8, 4) is 28.0 Å². The van der Waals surface area contributed by atoms with Crippen LogP contribution in [0.1, 0.15) is 76.7 Å². The lowest BCUT2D eigenvalue weighted by Crippen LogP contribution is -2.27. The van der Waals surface area contributed by atoms with Crippen molar-refractivity contribution in [2.45, 2.75) is 66.2 Å². The molecule has 0 amide bonds. The third-order valence-electron chi connectivity index (χ3n) is 7.99. The van der Waals surface area contributed by atoms with Crippen molar-refractivity contribution in [2.75, 3.05) is 50.8 Å². The quantitative estimate of drug-likeness (QED) is 0.210. The smallest absolute Gasteiger partial charge is 0.338 e. The molecule has 4 rings (SSSR count). The summed E-state index contributed by atoms with van der Waals surface area (Å²) in [5.74, 6) is 0.623. The van der Waals surface area contributed by atoms with Gasteiger partial charge in [0.25, 0.3) is 0 Å². The predicted molar refractivity (Wildman–Crippen MR) is 171 cm³/mol. The minimum Gasteiger partial charge on any atom is -0.493 e. The van der Waals surface area contributed by atoms with Crippen LogP contribution in [0.5, 0.6) is 5.75 Å². The van der Waals surface area contributed by atoms with E-state index in [0.717, 1.165) is 61.6 Å². The molecular formula is C36H48N2O3. The van der Waals surface area contributed by atoms with Crippen LogP contribution in [0.25, 0.3) is 22.3 Å². The van der Waals surface area contributed by atoms with Crippen molar-refractivity contribution in [3.63, 3.8) is 0 Å². The molecule has 0 unspecified atom stereocenters. The molecule has 3 aromatic carbocycles. The molecule has 5 nitrogen and oxygen atoms in total. The summed E-state index contributed by atoms with van der Waals surface area (Å²) in [6.07, 6.45) is 3.47. The Morgan fingerprint density at radius 2 is 1.49 bits per heavy atom. The zero-order valence-electron chi connectivity index (χ0n) is 26.0. The molecule has 0 N–H and O–H groups in total. The second-order valence-corrected chi connectivity index (χ2v) is 12.0. The van der Waals surface area contributed by atoms with Crippen molar-refractivity contribution in [1.29, 1.82) is 0 Å². The fourth-order valence-corrected chi connectivity index (χ4v) is 5.50. The summed E-state index contributed by atoms with van der Waals surface area (Å²) in [6, 6.07) is 21.1. The van der Waals surface area contributed by atoms with Crippen LogP contribution in [-0.4, -0.2) is 56.8 Å². The highest BCUT2D eigenvalue weighted by molar-refractivity contribution is 5.90. The number of anilines is 1. The van der Waals surface area contributed by atoms with E-state index in [1.54, 1.807) is 0 Å². The topological polar surface area (TPSA) is 42.0 Å². The van der Waals surface area contributed by atoms with Crippen molar-refractivity contribution < 1.29 is 14.3 Å². The first kappa shape index (κ1) is 30.6. The number of nitrogens with zero attached hydrogens (tertiary/aromatic N) is 2. The van der Waals surface area contributed by atoms with E-state index in [0.29, 0.717) is 18.8 Å². The number of likely N-dealkylation sites (N-methyl/N-ethyl adjacent to an activating group) is 1. The minimum absolute atomic E-state index is 0.0196. The van der Waals surface area contributed by atoms with Gasteiger partial charge < -0.3 is 19.3 Å². The van der Waals surface area contributed by atoms with Gasteiger partial charge in [0.05, 0.1) is 12.2 Å². The predicted octanol–water partition coefficient (Wildman–Crippen LogP) is 8.21. The number of carbonyl (C=O) groups is 1. The molecule has 220 valence electrons. The first-order chi connectivity index (χ1) is 19.7. The van der Waals surface area contributed by atoms with Gasteiger partial charge in [-0.05, 0) is 96.4 Å². The molecule has 3 aromatic rings. The van der Waals surface area contributed by atoms with E-state index in [2.05, 4.69) is 87.7 Å². The first-order valence-corrected chi connectivity index (χ1v) is 15.4. The summed E-state index contributed by atoms with van der Waals surface area (Å²) >= 11 is 0. The zero-order chi connectivity index (χ0) is 29.4. The summed E-state index contributed by atoms with van der Waals surface area (Å²) < 4.78 is 11.8. The van der Waals surface area contributed by atoms with Gasteiger partial charge in [0.2, 0.25) is 0 Å². The minimum atomic E-state index is -0.277. The highest BCUT2D eigenvalue weighted by Gasteiger charge is 2.24. The van der Waals surface area contributed by atoms with Gasteiger partial charge in [-0.15, -0.1) is 0 Å². The number of carbonyl (C=O) groups excluding carboxylic acids is 1. The van der Waals surface area contributed by atoms with Crippen LogP contribution >= 0.6 is 0 Å². The normalized spacial score (nSPS) is 13.6. The molecule has 0 bridgehead atoms. The molecule has 1 aliphatic rings. The first-order valence-electron chi connectivity index (χ1n) is 15.4. The molecule has 1 heterocycles. The SMILES string of the molecule is CCCOc1ccc(-c2ccc(C(=O)OCCN(CC)CC)cc2)cc1-c1ccc(N2CCCC2)c(C(C)(C)C)c1. The highest BCUT2D eigenvalue weighted by atomic mass is 16.5. The number of ether oxygens (including phenoxy) is 2. The molecule has 0 atom stereocenters. The second kappa shape index (κ2) is 14.0. The Morgan fingerprint density at radius 3 is 2.12 bits per heavy atom. The van der Waals surface area contributed by atoms with E-state index in [-0.39, 0.29) is 11.4 Å². The summed E-state index contributed by atoms with van der Waals surface area (Å²) in [6.45, 7) is 19.2. The Hall–Kier alpha value is -3.31. The van der Waals surface area contributed by atoms with Crippen LogP contribution in [0.2, 0.25) is 0 Å². The zero-order valence-corrected chi connectivity index (χ0v) is 26.0. The van der Waals surface area contributed by atoms with E-state index < -0.39 is 0 Å². The number of hydrogen-bond donors (Lipinski definition) is 0. The maximum Gasteiger partial charge on any atom is 0.338 e. The van der Waals surface area contributed by atoms with Crippen LogP contribution in [-0.2, 0) is 10.2 Å². The molecular weight excluding hydrogens is 508 g/mol. The monoisotopic (exact) mass is 556 g/mol. The van der Waals surface area contributed by atoms with Crippen LogP contribution < -0.4 is 9.64 Å². The molecule has 1 aliphatic heterocycles. The molecule has 0 saturated carbocycles. The molecule has 1 fully saturated rings. The largest absolute Gasteiger partial charge is 0.493 e. The van der Waals surface area contributed by atoms with E-state index in [4.69, 9.17) is 9.47 Å². The summed E-state index contributed by atoms with van der Waals surface area (Å²) in [7, 11) is 0. The van der Waals surface area contributed by atoms with E-state index in [1.165, 1.54) is 29.7 Å². The van der Waals surface area contributed by atoms with E-state index in [1.807, 2.05) is 24.3 Å². The molecule has 5 heteroatoms. The third-order valence-corrected chi connectivity index (χ3v) is 7.99. The van der Waals surface area contributed by atoms with Gasteiger partial charge in [-0.3, -0.25) is 0 Å². The van der Waals surface area contributed by atoms with Crippen LogP contribution in [0.15, 0.2) is 60.7 Å². The van der Waals surface area contributed by atoms with Gasteiger partial charge in [-0.25, -0.2) is 4.79 Å². The average Bonchev–Trinajstić information content (AvgIpc) is 3.52. The molecule has 0 aliphatic carbocycles. The second-order valence-electron chi connectivity index (χ2n) is 12.0. The van der Waals surface area contributed by atoms with Crippen LogP contribution in [0.4, 0.5) is 5.69 Å². The van der Waals surface area contributed by atoms with Crippen molar-refractivity contribution >= 4 is 11.7 Å². The third kappa shape index (κ3) is 7.71. The van der Waals surface area contributed by atoms with Gasteiger partial charge in [0, 0.05) is 30.9 Å².